The van der Waals surface area contributed by atoms with Crippen LogP contribution in [0.25, 0.3) is 11.0 Å². The van der Waals surface area contributed by atoms with Crippen molar-refractivity contribution >= 4 is 22.6 Å². The molecule has 0 unspecified atom stereocenters. The van der Waals surface area contributed by atoms with Crippen LogP contribution in [-0.2, 0) is 11.3 Å². The first-order chi connectivity index (χ1) is 12.1. The van der Waals surface area contributed by atoms with Crippen LogP contribution in [0.15, 0.2) is 18.5 Å². The number of primary amides is 1. The minimum Gasteiger partial charge on any atom is -0.368 e. The fourth-order valence-corrected chi connectivity index (χ4v) is 3.90. The van der Waals surface area contributed by atoms with Gasteiger partial charge in [-0.25, -0.2) is 14.4 Å². The van der Waals surface area contributed by atoms with Gasteiger partial charge in [-0.15, -0.1) is 0 Å². The Morgan fingerprint density at radius 3 is 3.08 bits per heavy atom. The van der Waals surface area contributed by atoms with Crippen LogP contribution in [0.4, 0.5) is 10.1 Å². The Kier molecular flexibility index (Phi) is 4.09. The number of carbonyl (C=O) groups excluding carboxylic acids is 1. The van der Waals surface area contributed by atoms with Gasteiger partial charge in [0.1, 0.15) is 11.8 Å². The van der Waals surface area contributed by atoms with Crippen molar-refractivity contribution in [3.05, 3.63) is 30.1 Å². The number of hydrazine groups is 1. The number of alkyl halides is 1. The van der Waals surface area contributed by atoms with Gasteiger partial charge in [0.25, 0.3) is 0 Å². The molecule has 0 spiro atoms. The first-order valence-electron chi connectivity index (χ1n) is 8.60. The molecule has 2 aromatic rings. The van der Waals surface area contributed by atoms with E-state index >= 15 is 0 Å². The summed E-state index contributed by atoms with van der Waals surface area (Å²) < 4.78 is 14.7. The molecule has 2 aliphatic rings. The summed E-state index contributed by atoms with van der Waals surface area (Å²) in [7, 11) is 0. The van der Waals surface area contributed by atoms with Gasteiger partial charge in [-0.1, -0.05) is 6.92 Å². The van der Waals surface area contributed by atoms with E-state index in [0.29, 0.717) is 25.6 Å². The fraction of sp³-hybridized carbons (Fsp3) is 0.471. The second-order valence-electron chi connectivity index (χ2n) is 6.64. The highest BCUT2D eigenvalue weighted by Crippen LogP contribution is 2.38. The number of hydrogen-bond donors (Lipinski definition) is 3. The van der Waals surface area contributed by atoms with Gasteiger partial charge in [-0.3, -0.25) is 4.79 Å². The van der Waals surface area contributed by atoms with E-state index in [0.717, 1.165) is 35.4 Å². The van der Waals surface area contributed by atoms with Gasteiger partial charge >= 0.3 is 0 Å². The highest BCUT2D eigenvalue weighted by Gasteiger charge is 2.43. The van der Waals surface area contributed by atoms with Crippen molar-refractivity contribution in [1.82, 2.24) is 19.9 Å². The van der Waals surface area contributed by atoms with Gasteiger partial charge < -0.3 is 21.0 Å². The Bertz CT molecular complexity index is 793. The molecule has 1 amide bonds. The van der Waals surface area contributed by atoms with E-state index in [4.69, 9.17) is 5.73 Å². The molecular formula is C17H22FN6O. The topological polar surface area (TPSA) is 90.3 Å². The average molecular weight is 345 g/mol. The summed E-state index contributed by atoms with van der Waals surface area (Å²) in [5.41, 5.74) is 11.5. The number of anilines is 1. The highest BCUT2D eigenvalue weighted by atomic mass is 19.1. The lowest BCUT2D eigenvalue weighted by atomic mass is 9.87. The van der Waals surface area contributed by atoms with E-state index in [2.05, 4.69) is 20.3 Å². The molecule has 0 aliphatic carbocycles. The molecule has 1 fully saturated rings. The van der Waals surface area contributed by atoms with Crippen LogP contribution in [0.2, 0.25) is 0 Å². The molecular weight excluding hydrogens is 323 g/mol. The molecule has 0 bridgehead atoms. The van der Waals surface area contributed by atoms with Crippen LogP contribution in [0.5, 0.6) is 0 Å². The monoisotopic (exact) mass is 345 g/mol. The number of fused-ring (bicyclic) bond motifs is 3. The minimum atomic E-state index is -1.10. The van der Waals surface area contributed by atoms with Crippen molar-refractivity contribution in [2.45, 2.75) is 26.1 Å². The van der Waals surface area contributed by atoms with E-state index < -0.39 is 18.0 Å². The largest absolute Gasteiger partial charge is 0.368 e. The van der Waals surface area contributed by atoms with Crippen LogP contribution >= 0.6 is 0 Å². The van der Waals surface area contributed by atoms with Gasteiger partial charge in [0.15, 0.2) is 6.04 Å². The molecule has 1 radical (unpaired) electrons. The van der Waals surface area contributed by atoms with Crippen molar-refractivity contribution in [2.75, 3.05) is 25.1 Å². The van der Waals surface area contributed by atoms with Gasteiger partial charge in [0.2, 0.25) is 5.91 Å². The number of piperidine rings is 1. The molecule has 4 heterocycles. The first-order valence-corrected chi connectivity index (χ1v) is 8.60. The standard InChI is InChI=1S/C17H22FN6O/c1-2-23-6-4-11(13(18)9-23)15(16(19)25)24-8-12-10-3-5-20-17(10)21-7-14(12)22-24/h3,5,7,11,13,22H,2,4,6,8-9H2,1H3,(H2,19,25)(H,20,21)/t11-,13+/m0/s1. The predicted octanol–water partition coefficient (Wildman–Crippen LogP) is 1.40. The number of likely N-dealkylation sites (tertiary alicyclic amines) is 1. The van der Waals surface area contributed by atoms with Crippen molar-refractivity contribution in [1.29, 1.82) is 0 Å². The van der Waals surface area contributed by atoms with Gasteiger partial charge in [-0.2, -0.15) is 0 Å². The summed E-state index contributed by atoms with van der Waals surface area (Å²) >= 11 is 0. The Morgan fingerprint density at radius 1 is 1.52 bits per heavy atom. The quantitative estimate of drug-likeness (QED) is 0.779. The molecule has 0 saturated carbocycles. The molecule has 133 valence electrons. The Morgan fingerprint density at radius 2 is 2.36 bits per heavy atom. The van der Waals surface area contributed by atoms with Crippen molar-refractivity contribution in [2.24, 2.45) is 11.7 Å². The Balaban J connectivity index is 1.59. The molecule has 4 N–H and O–H groups in total. The summed E-state index contributed by atoms with van der Waals surface area (Å²) in [4.78, 5) is 21.6. The molecule has 25 heavy (non-hydrogen) atoms. The average Bonchev–Trinajstić information content (AvgIpc) is 3.21. The number of carbonyl (C=O) groups is 1. The summed E-state index contributed by atoms with van der Waals surface area (Å²) in [5.74, 6) is -1.06. The number of H-pyrrole nitrogens is 1. The maximum absolute atomic E-state index is 14.7. The lowest BCUT2D eigenvalue weighted by Gasteiger charge is -2.39. The fourth-order valence-electron chi connectivity index (χ4n) is 3.90. The van der Waals surface area contributed by atoms with Crippen molar-refractivity contribution in [3.63, 3.8) is 0 Å². The maximum Gasteiger partial charge on any atom is 0.242 e. The second kappa shape index (κ2) is 6.27. The molecule has 2 atom stereocenters. The second-order valence-corrected chi connectivity index (χ2v) is 6.64. The van der Waals surface area contributed by atoms with Gasteiger partial charge in [-0.05, 0) is 25.6 Å². The number of aromatic nitrogens is 2. The number of nitrogens with zero attached hydrogens (tertiary/aromatic N) is 3. The molecule has 4 rings (SSSR count). The normalized spacial score (nSPS) is 24.6. The molecule has 2 aliphatic heterocycles. The Hall–Kier alpha value is -2.19. The molecule has 8 heteroatoms. The number of nitrogens with one attached hydrogen (secondary N) is 2. The van der Waals surface area contributed by atoms with Crippen LogP contribution < -0.4 is 11.2 Å². The number of hydrogen-bond acceptors (Lipinski definition) is 5. The number of rotatable bonds is 4. The number of nitrogens with two attached hydrogens (primary N) is 1. The van der Waals surface area contributed by atoms with Gasteiger partial charge in [0, 0.05) is 36.2 Å². The van der Waals surface area contributed by atoms with E-state index in [9.17, 15) is 9.18 Å². The smallest absolute Gasteiger partial charge is 0.242 e. The zero-order chi connectivity index (χ0) is 17.6. The third-order valence-corrected chi connectivity index (χ3v) is 5.24. The highest BCUT2D eigenvalue weighted by molar-refractivity contribution is 5.90. The van der Waals surface area contributed by atoms with Crippen molar-refractivity contribution in [3.8, 4) is 0 Å². The van der Waals surface area contributed by atoms with E-state index in [-0.39, 0.29) is 0 Å². The van der Waals surface area contributed by atoms with E-state index in [1.54, 1.807) is 11.2 Å². The van der Waals surface area contributed by atoms with Crippen molar-refractivity contribution < 1.29 is 9.18 Å². The van der Waals surface area contributed by atoms with Crippen LogP contribution in [-0.4, -0.2) is 51.6 Å². The predicted molar refractivity (Wildman–Crippen MR) is 92.8 cm³/mol. The lowest BCUT2D eigenvalue weighted by molar-refractivity contribution is -0.120. The van der Waals surface area contributed by atoms with E-state index in [1.807, 2.05) is 19.2 Å². The van der Waals surface area contributed by atoms with Crippen LogP contribution in [0.3, 0.4) is 0 Å². The minimum absolute atomic E-state index is 0.322. The molecule has 2 aromatic heterocycles. The zero-order valence-electron chi connectivity index (χ0n) is 14.1. The summed E-state index contributed by atoms with van der Waals surface area (Å²) in [5, 5.41) is 2.69. The van der Waals surface area contributed by atoms with E-state index in [1.165, 1.54) is 0 Å². The third kappa shape index (κ3) is 2.75. The third-order valence-electron chi connectivity index (χ3n) is 5.24. The SMILES string of the molecule is CCN1CC[C@H]([C](C(N)=O)N2Cc3c(cnc4[nH]ccc34)N2)[C@H](F)C1. The Labute approximate surface area is 145 Å². The summed E-state index contributed by atoms with van der Waals surface area (Å²) in [6.07, 6.45) is 3.03. The van der Waals surface area contributed by atoms with Crippen LogP contribution in [0, 0.1) is 12.0 Å². The lowest BCUT2D eigenvalue weighted by Crippen LogP contribution is -2.51. The maximum atomic E-state index is 14.7. The summed E-state index contributed by atoms with van der Waals surface area (Å²) in [6, 6.07) is 2.27. The summed E-state index contributed by atoms with van der Waals surface area (Å²) in [6.45, 7) is 4.39. The molecule has 0 aromatic carbocycles. The van der Waals surface area contributed by atoms with Crippen LogP contribution in [0.1, 0.15) is 18.9 Å². The first kappa shape index (κ1) is 16.3. The number of amides is 1. The zero-order valence-corrected chi connectivity index (χ0v) is 14.1. The number of pyridine rings is 1. The molecule has 7 nitrogen and oxygen atoms in total. The number of halogens is 1. The van der Waals surface area contributed by atoms with Gasteiger partial charge in [0.05, 0.1) is 11.9 Å². The molecule has 1 saturated heterocycles. The number of aromatic amines is 1.